The first-order chi connectivity index (χ1) is 18.3. The number of anilines is 1. The Hall–Kier alpha value is -2.80. The van der Waals surface area contributed by atoms with Gasteiger partial charge in [-0.05, 0) is 76.5 Å². The Morgan fingerprint density at radius 3 is 2.38 bits per heavy atom. The minimum absolute atomic E-state index is 0.00224. The Morgan fingerprint density at radius 2 is 1.72 bits per heavy atom. The predicted octanol–water partition coefficient (Wildman–Crippen LogP) is 6.50. The van der Waals surface area contributed by atoms with Crippen molar-refractivity contribution < 1.29 is 37.0 Å². The largest absolute Gasteiger partial charge is 0.462 e. The molecule has 2 aromatic heterocycles. The number of nitrogens with zero attached hydrogens (tertiary/aromatic N) is 1. The molecule has 3 heterocycles. The zero-order valence-corrected chi connectivity index (χ0v) is 23.9. The Kier molecular flexibility index (Phi) is 8.50. The van der Waals surface area contributed by atoms with E-state index in [1.165, 1.54) is 16.2 Å². The highest BCUT2D eigenvalue weighted by Gasteiger charge is 2.40. The van der Waals surface area contributed by atoms with E-state index in [2.05, 4.69) is 10.6 Å². The minimum atomic E-state index is -4.61. The van der Waals surface area contributed by atoms with Gasteiger partial charge in [-0.2, -0.15) is 13.2 Å². The van der Waals surface area contributed by atoms with E-state index in [0.717, 1.165) is 29.7 Å². The number of carbonyl (C=O) groups is 3. The first-order valence-corrected chi connectivity index (χ1v) is 14.5. The molecule has 0 atom stereocenters. The van der Waals surface area contributed by atoms with Crippen LogP contribution < -0.4 is 10.6 Å². The van der Waals surface area contributed by atoms with Crippen LogP contribution >= 0.6 is 22.7 Å². The number of hydrogen-bond donors (Lipinski definition) is 2. The number of thiophene rings is 2. The van der Waals surface area contributed by atoms with Gasteiger partial charge in [0, 0.05) is 22.8 Å². The average Bonchev–Trinajstić information content (AvgIpc) is 3.39. The van der Waals surface area contributed by atoms with Crippen LogP contribution in [-0.4, -0.2) is 41.7 Å². The van der Waals surface area contributed by atoms with E-state index >= 15 is 0 Å². The van der Waals surface area contributed by atoms with E-state index in [0.29, 0.717) is 38.8 Å². The van der Waals surface area contributed by atoms with Crippen molar-refractivity contribution in [1.29, 1.82) is 0 Å². The molecule has 0 radical (unpaired) electrons. The van der Waals surface area contributed by atoms with E-state index < -0.39 is 34.7 Å². The fraction of sp³-hybridized carbons (Fsp3) is 0.577. The Morgan fingerprint density at radius 1 is 1.00 bits per heavy atom. The first-order valence-electron chi connectivity index (χ1n) is 12.8. The van der Waals surface area contributed by atoms with Gasteiger partial charge in [-0.25, -0.2) is 14.4 Å². The van der Waals surface area contributed by atoms with E-state index in [4.69, 9.17) is 9.47 Å². The van der Waals surface area contributed by atoms with E-state index in [9.17, 15) is 27.6 Å². The Balaban J connectivity index is 1.51. The third-order valence-corrected chi connectivity index (χ3v) is 8.89. The summed E-state index contributed by atoms with van der Waals surface area (Å²) in [4.78, 5) is 40.0. The molecule has 3 amide bonds. The summed E-state index contributed by atoms with van der Waals surface area (Å²) >= 11 is 1.89. The molecule has 0 aromatic carbocycles. The summed E-state index contributed by atoms with van der Waals surface area (Å²) in [5.41, 5.74) is 0.976. The smallest absolute Gasteiger partial charge is 0.425 e. The van der Waals surface area contributed by atoms with E-state index in [1.807, 2.05) is 0 Å². The van der Waals surface area contributed by atoms with Crippen molar-refractivity contribution in [2.75, 3.05) is 18.5 Å². The highest BCUT2D eigenvalue weighted by molar-refractivity contribution is 7.17. The van der Waals surface area contributed by atoms with Crippen LogP contribution in [0.4, 0.5) is 27.8 Å². The highest BCUT2D eigenvalue weighted by atomic mass is 32.1. The maximum Gasteiger partial charge on any atom is 0.425 e. The highest BCUT2D eigenvalue weighted by Crippen LogP contribution is 2.43. The summed E-state index contributed by atoms with van der Waals surface area (Å²) in [5.74, 6) is -0.520. The zero-order chi connectivity index (χ0) is 28.5. The molecule has 4 rings (SSSR count). The lowest BCUT2D eigenvalue weighted by Crippen LogP contribution is -2.39. The third-order valence-electron chi connectivity index (χ3n) is 6.38. The molecule has 0 fully saturated rings. The lowest BCUT2D eigenvalue weighted by atomic mass is 9.95. The number of carbonyl (C=O) groups excluding carboxylic acids is 3. The van der Waals surface area contributed by atoms with Gasteiger partial charge in [0.25, 0.3) is 0 Å². The summed E-state index contributed by atoms with van der Waals surface area (Å²) < 4.78 is 52.4. The van der Waals surface area contributed by atoms with Gasteiger partial charge < -0.3 is 19.7 Å². The van der Waals surface area contributed by atoms with Crippen molar-refractivity contribution in [3.8, 4) is 0 Å². The second kappa shape index (κ2) is 11.4. The lowest BCUT2D eigenvalue weighted by molar-refractivity contribution is -0.135. The van der Waals surface area contributed by atoms with Gasteiger partial charge in [-0.1, -0.05) is 0 Å². The fourth-order valence-corrected chi connectivity index (χ4v) is 7.28. The van der Waals surface area contributed by atoms with Crippen LogP contribution in [-0.2, 0) is 48.0 Å². The molecule has 214 valence electrons. The van der Waals surface area contributed by atoms with Crippen LogP contribution in [0.5, 0.6) is 0 Å². The molecule has 2 N–H and O–H groups in total. The number of fused-ring (bicyclic) bond motifs is 2. The fourth-order valence-electron chi connectivity index (χ4n) is 4.76. The van der Waals surface area contributed by atoms with E-state index in [1.54, 1.807) is 27.7 Å². The van der Waals surface area contributed by atoms with Crippen molar-refractivity contribution in [1.82, 2.24) is 10.2 Å². The summed E-state index contributed by atoms with van der Waals surface area (Å²) in [6.07, 6.45) is -1.57. The standard InChI is InChI=1S/C26H32F3N3O5S2/c1-5-36-22(33)19-15-8-6-7-9-17(15)39-21(19)31-23(34)30-12-16-14-10-11-32(24(35)37-25(2,3)4)13-18(14)38-20(16)26(27,28)29/h5-13H2,1-4H3,(H2,30,31,34). The summed E-state index contributed by atoms with van der Waals surface area (Å²) in [7, 11) is 0. The molecule has 0 bridgehead atoms. The van der Waals surface area contributed by atoms with E-state index in [-0.39, 0.29) is 38.2 Å². The number of rotatable bonds is 5. The molecule has 0 unspecified atom stereocenters. The normalized spacial score (nSPS) is 15.3. The quantitative estimate of drug-likeness (QED) is 0.390. The van der Waals surface area contributed by atoms with Gasteiger partial charge in [0.05, 0.1) is 18.7 Å². The average molecular weight is 588 g/mol. The van der Waals surface area contributed by atoms with Crippen molar-refractivity contribution in [3.63, 3.8) is 0 Å². The monoisotopic (exact) mass is 587 g/mol. The van der Waals surface area contributed by atoms with Crippen molar-refractivity contribution in [2.24, 2.45) is 0 Å². The van der Waals surface area contributed by atoms with Gasteiger partial charge in [-0.15, -0.1) is 22.7 Å². The van der Waals surface area contributed by atoms with Crippen LogP contribution in [0.2, 0.25) is 0 Å². The molecule has 0 spiro atoms. The first kappa shape index (κ1) is 29.2. The number of aryl methyl sites for hydroxylation is 1. The minimum Gasteiger partial charge on any atom is -0.462 e. The molecule has 1 aliphatic heterocycles. The molecule has 8 nitrogen and oxygen atoms in total. The van der Waals surface area contributed by atoms with Crippen LogP contribution in [0, 0.1) is 0 Å². The topological polar surface area (TPSA) is 97.0 Å². The van der Waals surface area contributed by atoms with Crippen LogP contribution in [0.3, 0.4) is 0 Å². The number of halogens is 3. The molecule has 13 heteroatoms. The molecule has 1 aliphatic carbocycles. The molecule has 0 saturated heterocycles. The van der Waals surface area contributed by atoms with Gasteiger partial charge in [-0.3, -0.25) is 5.32 Å². The molecule has 0 saturated carbocycles. The van der Waals surface area contributed by atoms with Gasteiger partial charge in [0.1, 0.15) is 15.5 Å². The summed E-state index contributed by atoms with van der Waals surface area (Å²) in [6.45, 7) is 6.92. The molecular formula is C26H32F3N3O5S2. The van der Waals surface area contributed by atoms with Gasteiger partial charge in [0.2, 0.25) is 0 Å². The maximum atomic E-state index is 14.0. The molecule has 39 heavy (non-hydrogen) atoms. The van der Waals surface area contributed by atoms with Gasteiger partial charge >= 0.3 is 24.3 Å². The SMILES string of the molecule is CCOC(=O)c1c(NC(=O)NCc2c(C(F)(F)F)sc3c2CCN(C(=O)OC(C)(C)C)C3)sc2c1CCCC2. The molecule has 2 aromatic rings. The van der Waals surface area contributed by atoms with Crippen LogP contribution in [0.25, 0.3) is 0 Å². The van der Waals surface area contributed by atoms with Crippen LogP contribution in [0.1, 0.15) is 82.2 Å². The van der Waals surface area contributed by atoms with Crippen molar-refractivity contribution in [2.45, 2.75) is 84.7 Å². The van der Waals surface area contributed by atoms with Crippen LogP contribution in [0.15, 0.2) is 0 Å². The Labute approximate surface area is 232 Å². The van der Waals surface area contributed by atoms with Crippen molar-refractivity contribution in [3.05, 3.63) is 36.9 Å². The zero-order valence-electron chi connectivity index (χ0n) is 22.3. The molecule has 2 aliphatic rings. The summed E-state index contributed by atoms with van der Waals surface area (Å²) in [5, 5.41) is 5.56. The number of alkyl halides is 3. The number of ether oxygens (including phenoxy) is 2. The number of urea groups is 1. The summed E-state index contributed by atoms with van der Waals surface area (Å²) in [6, 6.07) is -0.710. The number of nitrogens with one attached hydrogen (secondary N) is 2. The second-order valence-corrected chi connectivity index (χ2v) is 12.6. The predicted molar refractivity (Wildman–Crippen MR) is 142 cm³/mol. The number of hydrogen-bond acceptors (Lipinski definition) is 7. The lowest BCUT2D eigenvalue weighted by Gasteiger charge is -2.30. The van der Waals surface area contributed by atoms with Gasteiger partial charge in [0.15, 0.2) is 0 Å². The number of amides is 3. The van der Waals surface area contributed by atoms with Crippen molar-refractivity contribution >= 4 is 45.8 Å². The number of esters is 1. The third kappa shape index (κ3) is 6.68. The molecular weight excluding hydrogens is 555 g/mol. The Bertz CT molecular complexity index is 1260. The second-order valence-electron chi connectivity index (χ2n) is 10.4. The maximum absolute atomic E-state index is 14.0.